The first kappa shape index (κ1) is 13.9. The van der Waals surface area contributed by atoms with Crippen LogP contribution in [0.5, 0.6) is 0 Å². The van der Waals surface area contributed by atoms with Crippen molar-refractivity contribution in [3.05, 3.63) is 0 Å². The maximum Gasteiger partial charge on any atom is 0.304 e. The molecule has 3 heteroatoms. The molecule has 3 nitrogen and oxygen atoms in total. The van der Waals surface area contributed by atoms with Gasteiger partial charge in [-0.2, -0.15) is 0 Å². The van der Waals surface area contributed by atoms with E-state index in [2.05, 4.69) is 18.7 Å². The number of carboxylic acid groups (broad SMARTS) is 1. The van der Waals surface area contributed by atoms with Gasteiger partial charge in [-0.1, -0.05) is 19.8 Å². The number of carboxylic acids is 1. The first-order valence-electron chi connectivity index (χ1n) is 7.59. The van der Waals surface area contributed by atoms with Crippen LogP contribution in [0.25, 0.3) is 0 Å². The molecule has 0 aromatic rings. The van der Waals surface area contributed by atoms with Gasteiger partial charge in [-0.15, -0.1) is 0 Å². The second-order valence-electron chi connectivity index (χ2n) is 6.20. The fraction of sp³-hybridized carbons (Fsp3) is 0.933. The Labute approximate surface area is 111 Å². The average Bonchev–Trinajstić information content (AvgIpc) is 3.13. The van der Waals surface area contributed by atoms with E-state index in [1.54, 1.807) is 0 Å². The van der Waals surface area contributed by atoms with E-state index < -0.39 is 5.97 Å². The highest BCUT2D eigenvalue weighted by Gasteiger charge is 2.36. The molecule has 2 fully saturated rings. The van der Waals surface area contributed by atoms with Crippen molar-refractivity contribution in [2.45, 2.75) is 70.9 Å². The summed E-state index contributed by atoms with van der Waals surface area (Å²) < 4.78 is 0. The van der Waals surface area contributed by atoms with Crippen LogP contribution in [0.3, 0.4) is 0 Å². The molecule has 3 atom stereocenters. The zero-order chi connectivity index (χ0) is 13.1. The van der Waals surface area contributed by atoms with E-state index in [1.165, 1.54) is 38.5 Å². The number of aliphatic carboxylic acids is 1. The molecule has 0 aromatic carbocycles. The third-order valence-corrected chi connectivity index (χ3v) is 4.85. The molecule has 104 valence electrons. The fourth-order valence-corrected chi connectivity index (χ4v) is 3.80. The Kier molecular flexibility index (Phi) is 4.66. The summed E-state index contributed by atoms with van der Waals surface area (Å²) in [7, 11) is 0. The normalized spacial score (nSPS) is 30.4. The van der Waals surface area contributed by atoms with E-state index in [9.17, 15) is 4.79 Å². The molecule has 0 aromatic heterocycles. The largest absolute Gasteiger partial charge is 0.481 e. The van der Waals surface area contributed by atoms with Crippen molar-refractivity contribution in [1.29, 1.82) is 0 Å². The highest BCUT2D eigenvalue weighted by molar-refractivity contribution is 5.67. The lowest BCUT2D eigenvalue weighted by atomic mass is 9.81. The summed E-state index contributed by atoms with van der Waals surface area (Å²) in [6, 6.07) is 0.805. The minimum Gasteiger partial charge on any atom is -0.481 e. The Morgan fingerprint density at radius 1 is 1.28 bits per heavy atom. The molecule has 2 aliphatic rings. The van der Waals surface area contributed by atoms with Crippen LogP contribution < -0.4 is 0 Å². The molecule has 0 amide bonds. The second-order valence-corrected chi connectivity index (χ2v) is 6.20. The van der Waals surface area contributed by atoms with Gasteiger partial charge in [0.1, 0.15) is 0 Å². The van der Waals surface area contributed by atoms with Gasteiger partial charge in [-0.05, 0) is 51.0 Å². The summed E-state index contributed by atoms with van der Waals surface area (Å²) in [6.07, 6.45) is 8.47. The Morgan fingerprint density at radius 3 is 2.56 bits per heavy atom. The summed E-state index contributed by atoms with van der Waals surface area (Å²) in [5.74, 6) is 1.26. The Morgan fingerprint density at radius 2 is 2.00 bits per heavy atom. The zero-order valence-corrected chi connectivity index (χ0v) is 11.8. The zero-order valence-electron chi connectivity index (χ0n) is 11.8. The van der Waals surface area contributed by atoms with Gasteiger partial charge >= 0.3 is 5.97 Å². The topological polar surface area (TPSA) is 40.5 Å². The van der Waals surface area contributed by atoms with Crippen LogP contribution in [0.4, 0.5) is 0 Å². The van der Waals surface area contributed by atoms with E-state index in [4.69, 9.17) is 5.11 Å². The summed E-state index contributed by atoms with van der Waals surface area (Å²) >= 11 is 0. The molecule has 0 radical (unpaired) electrons. The standard InChI is InChI=1S/C15H27NO2/c1-3-16(11(2)9-15(17)18)14-6-4-5-13(10-14)12-7-8-12/h11-14H,3-10H2,1-2H3,(H,17,18). The summed E-state index contributed by atoms with van der Waals surface area (Å²) in [5, 5.41) is 8.95. The van der Waals surface area contributed by atoms with E-state index in [0.717, 1.165) is 18.4 Å². The van der Waals surface area contributed by atoms with Crippen LogP contribution in [0, 0.1) is 11.8 Å². The molecule has 1 N–H and O–H groups in total. The van der Waals surface area contributed by atoms with Gasteiger partial charge in [-0.25, -0.2) is 0 Å². The lowest BCUT2D eigenvalue weighted by Crippen LogP contribution is -2.45. The molecule has 2 rings (SSSR count). The molecule has 0 heterocycles. The van der Waals surface area contributed by atoms with Crippen LogP contribution >= 0.6 is 0 Å². The Balaban J connectivity index is 1.91. The minimum atomic E-state index is -0.671. The van der Waals surface area contributed by atoms with Crippen molar-refractivity contribution in [3.8, 4) is 0 Å². The molecule has 0 aliphatic heterocycles. The van der Waals surface area contributed by atoms with E-state index in [1.807, 2.05) is 0 Å². The summed E-state index contributed by atoms with van der Waals surface area (Å²) in [6.45, 7) is 5.22. The highest BCUT2D eigenvalue weighted by atomic mass is 16.4. The minimum absolute atomic E-state index is 0.176. The number of rotatable bonds is 6. The van der Waals surface area contributed by atoms with E-state index in [-0.39, 0.29) is 12.5 Å². The van der Waals surface area contributed by atoms with Crippen LogP contribution in [-0.4, -0.2) is 34.6 Å². The molecule has 0 bridgehead atoms. The van der Waals surface area contributed by atoms with Gasteiger partial charge in [-0.3, -0.25) is 9.69 Å². The van der Waals surface area contributed by atoms with Crippen LogP contribution in [-0.2, 0) is 4.79 Å². The first-order valence-corrected chi connectivity index (χ1v) is 7.59. The number of carbonyl (C=O) groups is 1. The van der Waals surface area contributed by atoms with Crippen molar-refractivity contribution in [2.75, 3.05) is 6.54 Å². The predicted octanol–water partition coefficient (Wildman–Crippen LogP) is 3.14. The Bertz CT molecular complexity index is 288. The van der Waals surface area contributed by atoms with Crippen molar-refractivity contribution in [2.24, 2.45) is 11.8 Å². The smallest absolute Gasteiger partial charge is 0.304 e. The fourth-order valence-electron chi connectivity index (χ4n) is 3.80. The van der Waals surface area contributed by atoms with Gasteiger partial charge in [0.2, 0.25) is 0 Å². The second kappa shape index (κ2) is 6.05. The lowest BCUT2D eigenvalue weighted by Gasteiger charge is -2.40. The van der Waals surface area contributed by atoms with Gasteiger partial charge in [0, 0.05) is 12.1 Å². The van der Waals surface area contributed by atoms with Crippen molar-refractivity contribution < 1.29 is 9.90 Å². The summed E-state index contributed by atoms with van der Waals surface area (Å²) in [4.78, 5) is 13.3. The summed E-state index contributed by atoms with van der Waals surface area (Å²) in [5.41, 5.74) is 0. The molecule has 2 saturated carbocycles. The first-order chi connectivity index (χ1) is 8.61. The molecule has 0 saturated heterocycles. The van der Waals surface area contributed by atoms with Crippen LogP contribution in [0.1, 0.15) is 58.8 Å². The molecule has 18 heavy (non-hydrogen) atoms. The number of hydrogen-bond acceptors (Lipinski definition) is 2. The van der Waals surface area contributed by atoms with E-state index in [0.29, 0.717) is 6.04 Å². The quantitative estimate of drug-likeness (QED) is 0.790. The SMILES string of the molecule is CCN(C(C)CC(=O)O)C1CCCC(C2CC2)C1. The van der Waals surface area contributed by atoms with Gasteiger partial charge in [0.15, 0.2) is 0 Å². The maximum atomic E-state index is 10.9. The Hall–Kier alpha value is -0.570. The third-order valence-electron chi connectivity index (χ3n) is 4.85. The third kappa shape index (κ3) is 3.47. The van der Waals surface area contributed by atoms with Crippen molar-refractivity contribution in [1.82, 2.24) is 4.90 Å². The molecule has 0 spiro atoms. The molecule has 2 aliphatic carbocycles. The van der Waals surface area contributed by atoms with Gasteiger partial charge in [0.25, 0.3) is 0 Å². The van der Waals surface area contributed by atoms with Crippen LogP contribution in [0.2, 0.25) is 0 Å². The maximum absolute atomic E-state index is 10.9. The highest BCUT2D eigenvalue weighted by Crippen LogP contribution is 2.44. The van der Waals surface area contributed by atoms with Gasteiger partial charge < -0.3 is 5.11 Å². The average molecular weight is 253 g/mol. The monoisotopic (exact) mass is 253 g/mol. The molecule has 3 unspecified atom stereocenters. The molecular weight excluding hydrogens is 226 g/mol. The van der Waals surface area contributed by atoms with Crippen LogP contribution in [0.15, 0.2) is 0 Å². The van der Waals surface area contributed by atoms with Crippen molar-refractivity contribution in [3.63, 3.8) is 0 Å². The lowest BCUT2D eigenvalue weighted by molar-refractivity contribution is -0.138. The number of nitrogens with zero attached hydrogens (tertiary/aromatic N) is 1. The predicted molar refractivity (Wildman–Crippen MR) is 72.6 cm³/mol. The van der Waals surface area contributed by atoms with Gasteiger partial charge in [0.05, 0.1) is 6.42 Å². The van der Waals surface area contributed by atoms with E-state index >= 15 is 0 Å². The molecular formula is C15H27NO2. The van der Waals surface area contributed by atoms with Crippen molar-refractivity contribution >= 4 is 5.97 Å². The number of hydrogen-bond donors (Lipinski definition) is 1.